The highest BCUT2D eigenvalue weighted by atomic mass is 16.3. The van der Waals surface area contributed by atoms with Crippen molar-refractivity contribution in [3.8, 4) is 0 Å². The van der Waals surface area contributed by atoms with Crippen LogP contribution in [0.3, 0.4) is 0 Å². The second kappa shape index (κ2) is 7.81. The molecule has 118 valence electrons. The van der Waals surface area contributed by atoms with Crippen molar-refractivity contribution in [2.45, 2.75) is 46.1 Å². The Kier molecular flexibility index (Phi) is 6.07. The third kappa shape index (κ3) is 4.21. The lowest BCUT2D eigenvalue weighted by Gasteiger charge is -2.26. The van der Waals surface area contributed by atoms with E-state index in [-0.39, 0.29) is 5.41 Å². The molecule has 2 rings (SSSR count). The van der Waals surface area contributed by atoms with Gasteiger partial charge in [0.2, 0.25) is 0 Å². The Hall–Kier alpha value is -1.06. The maximum absolute atomic E-state index is 9.62. The van der Waals surface area contributed by atoms with Crippen molar-refractivity contribution in [3.05, 3.63) is 29.8 Å². The molecular weight excluding hydrogens is 260 g/mol. The van der Waals surface area contributed by atoms with Crippen molar-refractivity contribution in [1.29, 1.82) is 0 Å². The van der Waals surface area contributed by atoms with Crippen LogP contribution in [0.2, 0.25) is 0 Å². The Morgan fingerprint density at radius 2 is 1.71 bits per heavy atom. The molecule has 0 heterocycles. The van der Waals surface area contributed by atoms with Crippen molar-refractivity contribution in [1.82, 2.24) is 5.32 Å². The van der Waals surface area contributed by atoms with E-state index in [0.717, 1.165) is 39.0 Å². The zero-order valence-electron chi connectivity index (χ0n) is 13.6. The Balaban J connectivity index is 1.83. The molecule has 1 fully saturated rings. The maximum Gasteiger partial charge on any atom is 0.0499 e. The lowest BCUT2D eigenvalue weighted by Crippen LogP contribution is -2.34. The van der Waals surface area contributed by atoms with Crippen LogP contribution < -0.4 is 10.2 Å². The first kappa shape index (κ1) is 16.3. The molecule has 0 atom stereocenters. The van der Waals surface area contributed by atoms with E-state index in [0.29, 0.717) is 6.61 Å². The number of benzene rings is 1. The van der Waals surface area contributed by atoms with E-state index in [1.54, 1.807) is 0 Å². The van der Waals surface area contributed by atoms with Crippen LogP contribution >= 0.6 is 0 Å². The van der Waals surface area contributed by atoms with E-state index in [2.05, 4.69) is 48.3 Å². The molecule has 0 spiro atoms. The minimum Gasteiger partial charge on any atom is -0.396 e. The fourth-order valence-corrected chi connectivity index (χ4v) is 3.40. The second-order valence-electron chi connectivity index (χ2n) is 6.31. The fraction of sp³-hybridized carbons (Fsp3) is 0.667. The predicted molar refractivity (Wildman–Crippen MR) is 89.7 cm³/mol. The smallest absolute Gasteiger partial charge is 0.0499 e. The standard InChI is InChI=1S/C18H30N2O/c1-3-20(4-2)17-9-7-16(8-10-17)13-19-14-18(15-21)11-5-6-12-18/h7-10,19,21H,3-6,11-15H2,1-2H3. The zero-order chi connectivity index (χ0) is 15.1. The highest BCUT2D eigenvalue weighted by Crippen LogP contribution is 2.36. The molecule has 0 unspecified atom stereocenters. The quantitative estimate of drug-likeness (QED) is 0.772. The number of aliphatic hydroxyl groups is 1. The van der Waals surface area contributed by atoms with Gasteiger partial charge in [-0.25, -0.2) is 0 Å². The van der Waals surface area contributed by atoms with Crippen LogP contribution in [0, 0.1) is 5.41 Å². The number of nitrogens with zero attached hydrogens (tertiary/aromatic N) is 1. The van der Waals surface area contributed by atoms with Gasteiger partial charge in [-0.15, -0.1) is 0 Å². The van der Waals surface area contributed by atoms with Crippen molar-refractivity contribution in [2.24, 2.45) is 5.41 Å². The third-order valence-corrected chi connectivity index (χ3v) is 4.89. The van der Waals surface area contributed by atoms with Crippen LogP contribution in [-0.4, -0.2) is 31.3 Å². The van der Waals surface area contributed by atoms with Crippen LogP contribution in [-0.2, 0) is 6.54 Å². The molecule has 0 bridgehead atoms. The molecule has 0 amide bonds. The monoisotopic (exact) mass is 290 g/mol. The van der Waals surface area contributed by atoms with Gasteiger partial charge in [-0.2, -0.15) is 0 Å². The van der Waals surface area contributed by atoms with Gasteiger partial charge in [-0.05, 0) is 44.4 Å². The molecule has 1 aromatic rings. The largest absolute Gasteiger partial charge is 0.396 e. The molecule has 1 aromatic carbocycles. The maximum atomic E-state index is 9.62. The molecule has 1 aliphatic rings. The van der Waals surface area contributed by atoms with Crippen LogP contribution in [0.1, 0.15) is 45.1 Å². The second-order valence-corrected chi connectivity index (χ2v) is 6.31. The van der Waals surface area contributed by atoms with Crippen LogP contribution in [0.5, 0.6) is 0 Å². The fourth-order valence-electron chi connectivity index (χ4n) is 3.40. The summed E-state index contributed by atoms with van der Waals surface area (Å²) in [5.74, 6) is 0. The van der Waals surface area contributed by atoms with Crippen molar-refractivity contribution < 1.29 is 5.11 Å². The van der Waals surface area contributed by atoms with Crippen molar-refractivity contribution >= 4 is 5.69 Å². The van der Waals surface area contributed by atoms with Crippen LogP contribution in [0.4, 0.5) is 5.69 Å². The van der Waals surface area contributed by atoms with E-state index in [1.807, 2.05) is 0 Å². The molecule has 2 N–H and O–H groups in total. The first-order valence-electron chi connectivity index (χ1n) is 8.38. The van der Waals surface area contributed by atoms with Crippen molar-refractivity contribution in [2.75, 3.05) is 31.1 Å². The van der Waals surface area contributed by atoms with E-state index in [4.69, 9.17) is 0 Å². The molecule has 0 saturated heterocycles. The molecule has 0 aliphatic heterocycles. The van der Waals surface area contributed by atoms with E-state index in [1.165, 1.54) is 24.1 Å². The third-order valence-electron chi connectivity index (χ3n) is 4.89. The van der Waals surface area contributed by atoms with Gasteiger partial charge in [0.25, 0.3) is 0 Å². The summed E-state index contributed by atoms with van der Waals surface area (Å²) < 4.78 is 0. The van der Waals surface area contributed by atoms with Gasteiger partial charge in [0.05, 0.1) is 0 Å². The summed E-state index contributed by atoms with van der Waals surface area (Å²) in [4.78, 5) is 2.36. The molecule has 1 aliphatic carbocycles. The lowest BCUT2D eigenvalue weighted by molar-refractivity contribution is 0.128. The van der Waals surface area contributed by atoms with Gasteiger partial charge >= 0.3 is 0 Å². The minimum atomic E-state index is 0.140. The minimum absolute atomic E-state index is 0.140. The Bertz CT molecular complexity index is 406. The van der Waals surface area contributed by atoms with Gasteiger partial charge in [0.15, 0.2) is 0 Å². The van der Waals surface area contributed by atoms with E-state index < -0.39 is 0 Å². The Labute approximate surface area is 129 Å². The summed E-state index contributed by atoms with van der Waals surface area (Å²) >= 11 is 0. The summed E-state index contributed by atoms with van der Waals surface area (Å²) in [5.41, 5.74) is 2.75. The lowest BCUT2D eigenvalue weighted by atomic mass is 9.87. The first-order valence-corrected chi connectivity index (χ1v) is 8.38. The molecule has 21 heavy (non-hydrogen) atoms. The van der Waals surface area contributed by atoms with Crippen LogP contribution in [0.25, 0.3) is 0 Å². The SMILES string of the molecule is CCN(CC)c1ccc(CNCC2(CO)CCCC2)cc1. The summed E-state index contributed by atoms with van der Waals surface area (Å²) in [7, 11) is 0. The number of rotatable bonds is 8. The van der Waals surface area contributed by atoms with E-state index >= 15 is 0 Å². The van der Waals surface area contributed by atoms with Gasteiger partial charge in [-0.1, -0.05) is 25.0 Å². The predicted octanol–water partition coefficient (Wildman–Crippen LogP) is 3.18. The number of hydrogen-bond donors (Lipinski definition) is 2. The number of hydrogen-bond acceptors (Lipinski definition) is 3. The molecule has 3 heteroatoms. The molecule has 1 saturated carbocycles. The first-order chi connectivity index (χ1) is 10.2. The molecule has 3 nitrogen and oxygen atoms in total. The van der Waals surface area contributed by atoms with Gasteiger partial charge in [0, 0.05) is 43.9 Å². The number of nitrogens with one attached hydrogen (secondary N) is 1. The summed E-state index contributed by atoms with van der Waals surface area (Å²) in [5, 5.41) is 13.2. The Morgan fingerprint density at radius 3 is 2.24 bits per heavy atom. The number of aliphatic hydroxyl groups excluding tert-OH is 1. The van der Waals surface area contributed by atoms with Crippen molar-refractivity contribution in [3.63, 3.8) is 0 Å². The highest BCUT2D eigenvalue weighted by molar-refractivity contribution is 5.47. The highest BCUT2D eigenvalue weighted by Gasteiger charge is 2.32. The topological polar surface area (TPSA) is 35.5 Å². The molecule has 0 radical (unpaired) electrons. The normalized spacial score (nSPS) is 17.1. The summed E-state index contributed by atoms with van der Waals surface area (Å²) in [6.07, 6.45) is 4.86. The van der Waals surface area contributed by atoms with Crippen LogP contribution in [0.15, 0.2) is 24.3 Å². The molecule has 0 aromatic heterocycles. The number of anilines is 1. The van der Waals surface area contributed by atoms with Gasteiger partial charge in [0.1, 0.15) is 0 Å². The van der Waals surface area contributed by atoms with Gasteiger partial charge in [-0.3, -0.25) is 0 Å². The van der Waals surface area contributed by atoms with Gasteiger partial charge < -0.3 is 15.3 Å². The zero-order valence-corrected chi connectivity index (χ0v) is 13.6. The van der Waals surface area contributed by atoms with E-state index in [9.17, 15) is 5.11 Å². The molecular formula is C18H30N2O. The average molecular weight is 290 g/mol. The summed E-state index contributed by atoms with van der Waals surface area (Å²) in [6.45, 7) is 8.62. The average Bonchev–Trinajstić information content (AvgIpc) is 2.99. The summed E-state index contributed by atoms with van der Waals surface area (Å²) in [6, 6.07) is 8.84. The Morgan fingerprint density at radius 1 is 1.10 bits per heavy atom.